The summed E-state index contributed by atoms with van der Waals surface area (Å²) in [5.41, 5.74) is 7.09. The second kappa shape index (κ2) is 3.05. The fourth-order valence-corrected chi connectivity index (χ4v) is 1.59. The smallest absolute Gasteiger partial charge is 0.177 e. The van der Waals surface area contributed by atoms with Crippen LogP contribution in [0.4, 0.5) is 5.69 Å². The average Bonchev–Trinajstić information content (AvgIpc) is 2.98. The molecule has 5 nitrogen and oxygen atoms in total. The van der Waals surface area contributed by atoms with Gasteiger partial charge in [0.25, 0.3) is 0 Å². The highest BCUT2D eigenvalue weighted by Gasteiger charge is 2.26. The Labute approximate surface area is 87.0 Å². The maximum Gasteiger partial charge on any atom is 0.177 e. The highest BCUT2D eigenvalue weighted by molar-refractivity contribution is 5.50. The molecule has 1 fully saturated rings. The van der Waals surface area contributed by atoms with Crippen molar-refractivity contribution in [3.8, 4) is 11.5 Å². The van der Waals surface area contributed by atoms with Crippen molar-refractivity contribution in [1.29, 1.82) is 0 Å². The number of nitrogen functional groups attached to an aromatic ring is 1. The van der Waals surface area contributed by atoms with E-state index in [-0.39, 0.29) is 0 Å². The zero-order chi connectivity index (χ0) is 10.3. The molecule has 1 aliphatic carbocycles. The first kappa shape index (κ1) is 8.40. The van der Waals surface area contributed by atoms with E-state index in [0.29, 0.717) is 17.6 Å². The third-order valence-electron chi connectivity index (χ3n) is 2.51. The van der Waals surface area contributed by atoms with Gasteiger partial charge in [-0.3, -0.25) is 0 Å². The molecule has 0 radical (unpaired) electrons. The average molecular weight is 201 g/mol. The lowest BCUT2D eigenvalue weighted by Gasteiger charge is -2.04. The van der Waals surface area contributed by atoms with E-state index in [1.54, 1.807) is 18.6 Å². The Kier molecular flexibility index (Phi) is 1.71. The van der Waals surface area contributed by atoms with Crippen molar-refractivity contribution >= 4 is 5.69 Å². The van der Waals surface area contributed by atoms with Crippen LogP contribution in [0.5, 0.6) is 0 Å². The summed E-state index contributed by atoms with van der Waals surface area (Å²) in [5, 5.41) is 0. The molecule has 5 heteroatoms. The zero-order valence-corrected chi connectivity index (χ0v) is 8.17. The first-order chi connectivity index (χ1) is 7.34. The number of nitrogens with two attached hydrogens (primary N) is 1. The lowest BCUT2D eigenvalue weighted by Crippen LogP contribution is -1.99. The molecule has 2 aromatic rings. The van der Waals surface area contributed by atoms with Gasteiger partial charge in [-0.05, 0) is 12.8 Å². The molecular formula is C10H11N5. The summed E-state index contributed by atoms with van der Waals surface area (Å²) in [6.45, 7) is 0. The van der Waals surface area contributed by atoms with Crippen LogP contribution in [0.1, 0.15) is 18.9 Å². The summed E-state index contributed by atoms with van der Waals surface area (Å²) in [6, 6.07) is 0.587. The fourth-order valence-electron chi connectivity index (χ4n) is 1.59. The molecule has 0 aliphatic heterocycles. The summed E-state index contributed by atoms with van der Waals surface area (Å²) >= 11 is 0. The summed E-state index contributed by atoms with van der Waals surface area (Å²) in [5.74, 6) is 0.689. The molecule has 0 saturated heterocycles. The van der Waals surface area contributed by atoms with Crippen molar-refractivity contribution < 1.29 is 0 Å². The molecule has 0 unspecified atom stereocenters. The zero-order valence-electron chi connectivity index (χ0n) is 8.17. The van der Waals surface area contributed by atoms with Crippen molar-refractivity contribution in [2.45, 2.75) is 18.9 Å². The highest BCUT2D eigenvalue weighted by Crippen LogP contribution is 2.37. The predicted molar refractivity (Wildman–Crippen MR) is 55.9 cm³/mol. The third-order valence-corrected chi connectivity index (χ3v) is 2.51. The summed E-state index contributed by atoms with van der Waals surface area (Å²) in [4.78, 5) is 12.5. The number of imidazole rings is 1. The van der Waals surface area contributed by atoms with E-state index in [9.17, 15) is 0 Å². The number of hydrogen-bond donors (Lipinski definition) is 1. The first-order valence-corrected chi connectivity index (χ1v) is 4.94. The molecule has 2 aromatic heterocycles. The van der Waals surface area contributed by atoms with Crippen LogP contribution in [0.2, 0.25) is 0 Å². The molecule has 3 rings (SSSR count). The van der Waals surface area contributed by atoms with Gasteiger partial charge in [0, 0.05) is 6.04 Å². The molecule has 0 atom stereocenters. The second-order valence-corrected chi connectivity index (χ2v) is 3.76. The molecule has 0 bridgehead atoms. The van der Waals surface area contributed by atoms with Crippen LogP contribution in [0.3, 0.4) is 0 Å². The molecule has 2 N–H and O–H groups in total. The molecule has 15 heavy (non-hydrogen) atoms. The number of anilines is 1. The van der Waals surface area contributed by atoms with E-state index < -0.39 is 0 Å². The standard InChI is InChI=1S/C10H11N5/c11-7-3-13-10(14-4-7)9-5-12-6-15(9)8-1-2-8/h3-6,8H,1-2,11H2. The number of nitrogens with zero attached hydrogens (tertiary/aromatic N) is 4. The SMILES string of the molecule is Nc1cnc(-c2cncn2C2CC2)nc1. The predicted octanol–water partition coefficient (Wildman–Crippen LogP) is 1.26. The van der Waals surface area contributed by atoms with Crippen molar-refractivity contribution in [2.24, 2.45) is 0 Å². The van der Waals surface area contributed by atoms with Crippen LogP contribution < -0.4 is 5.73 Å². The van der Waals surface area contributed by atoms with Gasteiger partial charge >= 0.3 is 0 Å². The van der Waals surface area contributed by atoms with Crippen LogP contribution in [0, 0.1) is 0 Å². The molecule has 0 aromatic carbocycles. The summed E-state index contributed by atoms with van der Waals surface area (Å²) < 4.78 is 2.13. The quantitative estimate of drug-likeness (QED) is 0.794. The molecule has 0 amide bonds. The van der Waals surface area contributed by atoms with Crippen molar-refractivity contribution in [3.63, 3.8) is 0 Å². The minimum atomic E-state index is 0.580. The number of rotatable bonds is 2. The van der Waals surface area contributed by atoms with Gasteiger partial charge in [0.2, 0.25) is 0 Å². The van der Waals surface area contributed by atoms with Crippen LogP contribution >= 0.6 is 0 Å². The van der Waals surface area contributed by atoms with Crippen LogP contribution in [-0.4, -0.2) is 19.5 Å². The third kappa shape index (κ3) is 1.45. The Morgan fingerprint density at radius 3 is 2.60 bits per heavy atom. The van der Waals surface area contributed by atoms with Gasteiger partial charge in [-0.25, -0.2) is 15.0 Å². The van der Waals surface area contributed by atoms with Gasteiger partial charge in [0.15, 0.2) is 5.82 Å². The van der Waals surface area contributed by atoms with Gasteiger partial charge in [0.1, 0.15) is 5.69 Å². The minimum Gasteiger partial charge on any atom is -0.396 e. The molecule has 2 heterocycles. The van der Waals surface area contributed by atoms with Crippen molar-refractivity contribution in [2.75, 3.05) is 5.73 Å². The normalized spacial score (nSPS) is 15.5. The Morgan fingerprint density at radius 2 is 1.93 bits per heavy atom. The van der Waals surface area contributed by atoms with Gasteiger partial charge < -0.3 is 10.3 Å². The van der Waals surface area contributed by atoms with Crippen molar-refractivity contribution in [3.05, 3.63) is 24.9 Å². The van der Waals surface area contributed by atoms with Crippen LogP contribution in [-0.2, 0) is 0 Å². The lowest BCUT2D eigenvalue weighted by atomic mass is 10.4. The van der Waals surface area contributed by atoms with Crippen LogP contribution in [0.15, 0.2) is 24.9 Å². The number of hydrogen-bond acceptors (Lipinski definition) is 4. The molecular weight excluding hydrogens is 190 g/mol. The molecule has 1 aliphatic rings. The molecule has 0 spiro atoms. The largest absolute Gasteiger partial charge is 0.396 e. The maximum absolute atomic E-state index is 5.54. The lowest BCUT2D eigenvalue weighted by molar-refractivity contribution is 0.743. The van der Waals surface area contributed by atoms with E-state index in [1.165, 1.54) is 12.8 Å². The van der Waals surface area contributed by atoms with Crippen LogP contribution in [0.25, 0.3) is 11.5 Å². The minimum absolute atomic E-state index is 0.580. The summed E-state index contributed by atoms with van der Waals surface area (Å²) in [7, 11) is 0. The van der Waals surface area contributed by atoms with Gasteiger partial charge in [-0.2, -0.15) is 0 Å². The van der Waals surface area contributed by atoms with E-state index in [0.717, 1.165) is 5.69 Å². The second-order valence-electron chi connectivity index (χ2n) is 3.76. The summed E-state index contributed by atoms with van der Waals surface area (Å²) in [6.07, 6.45) is 9.31. The Balaban J connectivity index is 2.04. The van der Waals surface area contributed by atoms with E-state index in [4.69, 9.17) is 5.73 Å². The monoisotopic (exact) mass is 201 g/mol. The Hall–Kier alpha value is -1.91. The fraction of sp³-hybridized carbons (Fsp3) is 0.300. The molecule has 76 valence electrons. The Morgan fingerprint density at radius 1 is 1.20 bits per heavy atom. The van der Waals surface area contributed by atoms with E-state index in [2.05, 4.69) is 19.5 Å². The first-order valence-electron chi connectivity index (χ1n) is 4.94. The van der Waals surface area contributed by atoms with E-state index in [1.807, 2.05) is 6.33 Å². The van der Waals surface area contributed by atoms with E-state index >= 15 is 0 Å². The topological polar surface area (TPSA) is 69.6 Å². The highest BCUT2D eigenvalue weighted by atomic mass is 15.1. The number of aromatic nitrogens is 4. The maximum atomic E-state index is 5.54. The van der Waals surface area contributed by atoms with Gasteiger partial charge in [0.05, 0.1) is 30.6 Å². The Bertz CT molecular complexity index is 469. The van der Waals surface area contributed by atoms with Crippen molar-refractivity contribution in [1.82, 2.24) is 19.5 Å². The van der Waals surface area contributed by atoms with Gasteiger partial charge in [-0.15, -0.1) is 0 Å². The van der Waals surface area contributed by atoms with Gasteiger partial charge in [-0.1, -0.05) is 0 Å². The molecule has 1 saturated carbocycles.